The summed E-state index contributed by atoms with van der Waals surface area (Å²) >= 11 is 1.21. The summed E-state index contributed by atoms with van der Waals surface area (Å²) in [5.74, 6) is 0.352. The van der Waals surface area contributed by atoms with Crippen LogP contribution < -0.4 is 10.6 Å². The molecule has 0 radical (unpaired) electrons. The third kappa shape index (κ3) is 5.39. The van der Waals surface area contributed by atoms with Gasteiger partial charge in [-0.15, -0.1) is 10.2 Å². The highest BCUT2D eigenvalue weighted by molar-refractivity contribution is 7.99. The third-order valence-electron chi connectivity index (χ3n) is 4.76. The lowest BCUT2D eigenvalue weighted by Crippen LogP contribution is -2.30. The van der Waals surface area contributed by atoms with Crippen LogP contribution in [-0.2, 0) is 4.79 Å². The first-order valence-corrected chi connectivity index (χ1v) is 11.4. The largest absolute Gasteiger partial charge is 0.367 e. The van der Waals surface area contributed by atoms with Crippen LogP contribution in [0.25, 0.3) is 17.1 Å². The van der Waals surface area contributed by atoms with Crippen molar-refractivity contribution in [3.63, 3.8) is 0 Å². The number of pyridine rings is 1. The molecule has 2 aromatic carbocycles. The number of nitriles is 1. The number of hydrogen-bond acceptors (Lipinski definition) is 7. The van der Waals surface area contributed by atoms with E-state index in [1.54, 1.807) is 41.1 Å². The van der Waals surface area contributed by atoms with E-state index in [1.807, 2.05) is 30.3 Å². The number of amides is 1. The molecule has 0 aliphatic rings. The summed E-state index contributed by atoms with van der Waals surface area (Å²) in [7, 11) is 0. The van der Waals surface area contributed by atoms with Crippen LogP contribution in [0.15, 0.2) is 78.1 Å². The van der Waals surface area contributed by atoms with E-state index in [0.29, 0.717) is 41.0 Å². The molecule has 34 heavy (non-hydrogen) atoms. The first-order valence-electron chi connectivity index (χ1n) is 10.4. The Balaban J connectivity index is 1.40. The highest BCUT2D eigenvalue weighted by atomic mass is 32.2. The summed E-state index contributed by atoms with van der Waals surface area (Å²) in [5.41, 5.74) is 1.53. The van der Waals surface area contributed by atoms with Crippen LogP contribution in [0.2, 0.25) is 0 Å². The molecule has 2 N–H and O–H groups in total. The molecule has 2 aromatic heterocycles. The lowest BCUT2D eigenvalue weighted by molar-refractivity contribution is -0.118. The van der Waals surface area contributed by atoms with Gasteiger partial charge in [0.2, 0.25) is 5.91 Å². The molecule has 2 heterocycles. The molecule has 0 atom stereocenters. The van der Waals surface area contributed by atoms with Gasteiger partial charge in [-0.05, 0) is 36.4 Å². The Morgan fingerprint density at radius 2 is 1.82 bits per heavy atom. The molecule has 0 fully saturated rings. The van der Waals surface area contributed by atoms with Crippen molar-refractivity contribution in [2.75, 3.05) is 24.2 Å². The van der Waals surface area contributed by atoms with E-state index in [2.05, 4.69) is 31.9 Å². The molecule has 0 bridgehead atoms. The molecule has 4 rings (SSSR count). The number of halogens is 1. The molecule has 8 nitrogen and oxygen atoms in total. The Labute approximate surface area is 199 Å². The summed E-state index contributed by atoms with van der Waals surface area (Å²) in [6.45, 7) is 0.770. The van der Waals surface area contributed by atoms with Gasteiger partial charge in [0, 0.05) is 25.0 Å². The van der Waals surface area contributed by atoms with Crippen molar-refractivity contribution in [1.82, 2.24) is 25.1 Å². The first-order chi connectivity index (χ1) is 16.7. The zero-order valence-corrected chi connectivity index (χ0v) is 18.8. The molecule has 170 valence electrons. The van der Waals surface area contributed by atoms with Crippen molar-refractivity contribution < 1.29 is 9.18 Å². The molecule has 0 saturated heterocycles. The molecule has 0 spiro atoms. The number of carbonyl (C=O) groups excluding carboxylic acids is 1. The molecule has 0 unspecified atom stereocenters. The molecular weight excluding hydrogens is 453 g/mol. The van der Waals surface area contributed by atoms with E-state index in [4.69, 9.17) is 5.26 Å². The molecule has 0 saturated carbocycles. The minimum atomic E-state index is -0.402. The number of nitrogens with zero attached hydrogens (tertiary/aromatic N) is 5. The SMILES string of the molecule is N#Cc1cccnc1NCCNC(=O)CSc1nnc(-c2ccccc2F)n1-c1ccccc1. The second-order valence-electron chi connectivity index (χ2n) is 7.03. The maximum Gasteiger partial charge on any atom is 0.230 e. The number of carbonyl (C=O) groups is 1. The Morgan fingerprint density at radius 3 is 2.62 bits per heavy atom. The van der Waals surface area contributed by atoms with Gasteiger partial charge in [-0.1, -0.05) is 42.1 Å². The smallest absolute Gasteiger partial charge is 0.230 e. The number of benzene rings is 2. The van der Waals surface area contributed by atoms with Gasteiger partial charge < -0.3 is 10.6 Å². The number of anilines is 1. The summed E-state index contributed by atoms with van der Waals surface area (Å²) in [6, 6.07) is 21.2. The quantitative estimate of drug-likeness (QED) is 0.282. The van der Waals surface area contributed by atoms with Gasteiger partial charge in [0.1, 0.15) is 17.7 Å². The fourth-order valence-electron chi connectivity index (χ4n) is 3.19. The van der Waals surface area contributed by atoms with Crippen LogP contribution in [0.3, 0.4) is 0 Å². The maximum atomic E-state index is 14.5. The van der Waals surface area contributed by atoms with E-state index in [1.165, 1.54) is 17.8 Å². The van der Waals surface area contributed by atoms with Gasteiger partial charge in [-0.2, -0.15) is 5.26 Å². The number of para-hydroxylation sites is 1. The van der Waals surface area contributed by atoms with Crippen molar-refractivity contribution in [1.29, 1.82) is 5.26 Å². The van der Waals surface area contributed by atoms with Crippen molar-refractivity contribution >= 4 is 23.5 Å². The van der Waals surface area contributed by atoms with Crippen molar-refractivity contribution in [3.8, 4) is 23.1 Å². The molecule has 0 aliphatic heterocycles. The number of aromatic nitrogens is 4. The van der Waals surface area contributed by atoms with E-state index < -0.39 is 5.82 Å². The Morgan fingerprint density at radius 1 is 1.03 bits per heavy atom. The van der Waals surface area contributed by atoms with E-state index in [-0.39, 0.29) is 11.7 Å². The Bertz CT molecular complexity index is 1320. The molecular formula is C24H20FN7OS. The van der Waals surface area contributed by atoms with Gasteiger partial charge in [0.15, 0.2) is 11.0 Å². The van der Waals surface area contributed by atoms with E-state index in [9.17, 15) is 9.18 Å². The van der Waals surface area contributed by atoms with Crippen molar-refractivity contribution in [2.24, 2.45) is 0 Å². The lowest BCUT2D eigenvalue weighted by atomic mass is 10.2. The number of rotatable bonds is 9. The molecule has 0 aliphatic carbocycles. The molecule has 10 heteroatoms. The average Bonchev–Trinajstić information content (AvgIpc) is 3.30. The fraction of sp³-hybridized carbons (Fsp3) is 0.125. The summed E-state index contributed by atoms with van der Waals surface area (Å²) < 4.78 is 16.2. The lowest BCUT2D eigenvalue weighted by Gasteiger charge is -2.11. The number of thioether (sulfide) groups is 1. The second-order valence-corrected chi connectivity index (χ2v) is 7.98. The average molecular weight is 474 g/mol. The monoisotopic (exact) mass is 473 g/mol. The van der Waals surface area contributed by atoms with Crippen LogP contribution in [0.1, 0.15) is 5.56 Å². The van der Waals surface area contributed by atoms with Gasteiger partial charge in [0.05, 0.1) is 16.9 Å². The predicted molar refractivity (Wildman–Crippen MR) is 128 cm³/mol. The van der Waals surface area contributed by atoms with E-state index >= 15 is 0 Å². The van der Waals surface area contributed by atoms with Crippen LogP contribution in [-0.4, -0.2) is 44.5 Å². The minimum Gasteiger partial charge on any atom is -0.367 e. The van der Waals surface area contributed by atoms with Crippen LogP contribution >= 0.6 is 11.8 Å². The standard InChI is InChI=1S/C24H20FN7OS/c25-20-11-5-4-10-19(20)23-30-31-24(32(23)18-8-2-1-3-9-18)34-16-21(33)27-13-14-29-22-17(15-26)7-6-12-28-22/h1-12H,13-14,16H2,(H,27,33)(H,28,29). The topological polar surface area (TPSA) is 109 Å². The number of hydrogen-bond donors (Lipinski definition) is 2. The van der Waals surface area contributed by atoms with Gasteiger partial charge in [-0.3, -0.25) is 9.36 Å². The first kappa shape index (κ1) is 22.9. The highest BCUT2D eigenvalue weighted by Crippen LogP contribution is 2.29. The Hall–Kier alpha value is -4.23. The minimum absolute atomic E-state index is 0.106. The van der Waals surface area contributed by atoms with Crippen LogP contribution in [0, 0.1) is 17.1 Å². The summed E-state index contributed by atoms with van der Waals surface area (Å²) in [4.78, 5) is 16.5. The van der Waals surface area contributed by atoms with Crippen molar-refractivity contribution in [3.05, 3.63) is 84.3 Å². The maximum absolute atomic E-state index is 14.5. The Kier molecular flexibility index (Phi) is 7.47. The predicted octanol–water partition coefficient (Wildman–Crippen LogP) is 3.66. The zero-order chi connectivity index (χ0) is 23.8. The molecule has 1 amide bonds. The summed E-state index contributed by atoms with van der Waals surface area (Å²) in [6.07, 6.45) is 1.59. The highest BCUT2D eigenvalue weighted by Gasteiger charge is 2.19. The summed E-state index contributed by atoms with van der Waals surface area (Å²) in [5, 5.41) is 23.8. The molecule has 4 aromatic rings. The van der Waals surface area contributed by atoms with Gasteiger partial charge in [0.25, 0.3) is 0 Å². The van der Waals surface area contributed by atoms with Crippen molar-refractivity contribution in [2.45, 2.75) is 5.16 Å². The van der Waals surface area contributed by atoms with Crippen LogP contribution in [0.5, 0.6) is 0 Å². The van der Waals surface area contributed by atoms with Gasteiger partial charge >= 0.3 is 0 Å². The zero-order valence-electron chi connectivity index (χ0n) is 18.0. The second kappa shape index (κ2) is 11.1. The third-order valence-corrected chi connectivity index (χ3v) is 5.69. The van der Waals surface area contributed by atoms with Gasteiger partial charge in [-0.25, -0.2) is 9.37 Å². The normalized spacial score (nSPS) is 10.5. The number of nitrogens with one attached hydrogen (secondary N) is 2. The van der Waals surface area contributed by atoms with E-state index in [0.717, 1.165) is 5.69 Å². The van der Waals surface area contributed by atoms with Crippen LogP contribution in [0.4, 0.5) is 10.2 Å². The fourth-order valence-corrected chi connectivity index (χ4v) is 3.97.